The van der Waals surface area contributed by atoms with Gasteiger partial charge in [-0.2, -0.15) is 4.37 Å². The molecular formula is C17H20N2O3S. The van der Waals surface area contributed by atoms with Crippen molar-refractivity contribution >= 4 is 27.6 Å². The zero-order valence-electron chi connectivity index (χ0n) is 13.1. The molecule has 0 amide bonds. The van der Waals surface area contributed by atoms with E-state index in [1.807, 2.05) is 13.0 Å². The minimum absolute atomic E-state index is 0.194. The number of piperidine rings is 3. The number of aromatic nitrogens is 1. The highest BCUT2D eigenvalue weighted by Gasteiger charge is 2.37. The van der Waals surface area contributed by atoms with Crippen LogP contribution in [0.5, 0.6) is 5.75 Å². The number of nitrogens with zero attached hydrogens (tertiary/aromatic N) is 2. The van der Waals surface area contributed by atoms with Gasteiger partial charge in [-0.15, -0.1) is 0 Å². The molecule has 5 rings (SSSR count). The van der Waals surface area contributed by atoms with E-state index in [-0.39, 0.29) is 5.69 Å². The first-order valence-electron chi connectivity index (χ1n) is 8.19. The molecule has 2 bridgehead atoms. The molecule has 1 aromatic carbocycles. The summed E-state index contributed by atoms with van der Waals surface area (Å²) >= 11 is 1.26. The molecule has 3 aliphatic rings. The van der Waals surface area contributed by atoms with Crippen LogP contribution in [0.1, 0.15) is 41.7 Å². The summed E-state index contributed by atoms with van der Waals surface area (Å²) in [5.74, 6) is 0.909. The van der Waals surface area contributed by atoms with Crippen LogP contribution in [-0.2, 0) is 0 Å². The fourth-order valence-corrected chi connectivity index (χ4v) is 4.92. The predicted molar refractivity (Wildman–Crippen MR) is 89.7 cm³/mol. The largest absolute Gasteiger partial charge is 0.494 e. The number of hydrogen-bond donors (Lipinski definition) is 1. The van der Waals surface area contributed by atoms with E-state index in [4.69, 9.17) is 4.74 Å². The number of fused-ring (bicyclic) bond motifs is 4. The number of benzene rings is 1. The van der Waals surface area contributed by atoms with E-state index in [1.165, 1.54) is 37.5 Å². The third-order valence-corrected chi connectivity index (χ3v) is 5.94. The Balaban J connectivity index is 1.88. The highest BCUT2D eigenvalue weighted by Crippen LogP contribution is 2.44. The molecule has 1 atom stereocenters. The number of ether oxygens (including phenoxy) is 1. The Labute approximate surface area is 139 Å². The van der Waals surface area contributed by atoms with Gasteiger partial charge in [0.05, 0.1) is 11.3 Å². The summed E-state index contributed by atoms with van der Waals surface area (Å²) in [5, 5.41) is 10.3. The van der Waals surface area contributed by atoms with E-state index in [0.29, 0.717) is 18.4 Å². The van der Waals surface area contributed by atoms with E-state index in [9.17, 15) is 9.90 Å². The fourth-order valence-electron chi connectivity index (χ4n) is 4.08. The highest BCUT2D eigenvalue weighted by atomic mass is 32.1. The van der Waals surface area contributed by atoms with Crippen molar-refractivity contribution in [3.05, 3.63) is 23.4 Å². The van der Waals surface area contributed by atoms with Crippen LogP contribution >= 0.6 is 11.5 Å². The molecule has 3 aliphatic heterocycles. The smallest absolute Gasteiger partial charge is 0.356 e. The molecule has 1 N–H and O–H groups in total. The zero-order chi connectivity index (χ0) is 16.0. The van der Waals surface area contributed by atoms with Gasteiger partial charge < -0.3 is 14.7 Å². The van der Waals surface area contributed by atoms with Crippen molar-refractivity contribution in [2.75, 3.05) is 26.2 Å². The third-order valence-electron chi connectivity index (χ3n) is 5.15. The molecular weight excluding hydrogens is 312 g/mol. The lowest BCUT2D eigenvalue weighted by Gasteiger charge is -2.45. The maximum absolute atomic E-state index is 11.6. The summed E-state index contributed by atoms with van der Waals surface area (Å²) in [7, 11) is 0. The zero-order valence-corrected chi connectivity index (χ0v) is 13.9. The maximum Gasteiger partial charge on any atom is 0.356 e. The van der Waals surface area contributed by atoms with E-state index in [1.54, 1.807) is 0 Å². The van der Waals surface area contributed by atoms with Crippen LogP contribution in [-0.4, -0.2) is 46.6 Å². The number of hydrogen-bond acceptors (Lipinski definition) is 5. The Bertz CT molecular complexity index is 750. The molecule has 0 unspecified atom stereocenters. The van der Waals surface area contributed by atoms with Crippen LogP contribution < -0.4 is 4.74 Å². The second-order valence-electron chi connectivity index (χ2n) is 6.40. The number of aromatic carboxylic acids is 1. The number of carboxylic acids is 1. The van der Waals surface area contributed by atoms with Gasteiger partial charge in [0.1, 0.15) is 5.75 Å². The molecule has 0 spiro atoms. The van der Waals surface area contributed by atoms with Crippen LogP contribution in [0.3, 0.4) is 0 Å². The van der Waals surface area contributed by atoms with Crippen molar-refractivity contribution in [2.24, 2.45) is 5.92 Å². The second kappa shape index (κ2) is 5.76. The Morgan fingerprint density at radius 2 is 2.22 bits per heavy atom. The Morgan fingerprint density at radius 3 is 2.83 bits per heavy atom. The standard InChI is InChI=1S/C17H20N2O3S/c1-2-22-11-7-12(13-9-19-5-3-10(13)4-6-19)15-14(8-11)23-18-16(15)17(20)21/h7-8,10,13H,2-6,9H2,1H3,(H,20,21)/t13-/m0/s1. The Hall–Kier alpha value is -1.66. The molecule has 0 saturated carbocycles. The average molecular weight is 332 g/mol. The summed E-state index contributed by atoms with van der Waals surface area (Å²) < 4.78 is 10.8. The number of rotatable bonds is 4. The number of carbonyl (C=O) groups is 1. The number of carboxylic acid groups (broad SMARTS) is 1. The minimum Gasteiger partial charge on any atom is -0.494 e. The lowest BCUT2D eigenvalue weighted by Crippen LogP contribution is -2.46. The molecule has 23 heavy (non-hydrogen) atoms. The van der Waals surface area contributed by atoms with Crippen molar-refractivity contribution in [3.8, 4) is 5.75 Å². The third kappa shape index (κ3) is 2.50. The van der Waals surface area contributed by atoms with Crippen LogP contribution in [0.15, 0.2) is 12.1 Å². The summed E-state index contributed by atoms with van der Waals surface area (Å²) in [5.41, 5.74) is 1.31. The van der Waals surface area contributed by atoms with Crippen molar-refractivity contribution in [3.63, 3.8) is 0 Å². The van der Waals surface area contributed by atoms with Crippen molar-refractivity contribution in [2.45, 2.75) is 25.7 Å². The van der Waals surface area contributed by atoms with Gasteiger partial charge in [0.25, 0.3) is 0 Å². The van der Waals surface area contributed by atoms with Crippen LogP contribution in [0.4, 0.5) is 0 Å². The fraction of sp³-hybridized carbons (Fsp3) is 0.529. The van der Waals surface area contributed by atoms with E-state index >= 15 is 0 Å². The first-order valence-corrected chi connectivity index (χ1v) is 8.96. The SMILES string of the molecule is CCOc1cc([C@H]2CN3CCC2CC3)c2c(C(=O)O)nsc2c1. The normalized spacial score (nSPS) is 26.6. The lowest BCUT2D eigenvalue weighted by atomic mass is 9.74. The van der Waals surface area contributed by atoms with Crippen molar-refractivity contribution in [1.82, 2.24) is 9.27 Å². The van der Waals surface area contributed by atoms with Gasteiger partial charge in [-0.3, -0.25) is 0 Å². The first kappa shape index (κ1) is 14.9. The van der Waals surface area contributed by atoms with Gasteiger partial charge in [0, 0.05) is 17.8 Å². The van der Waals surface area contributed by atoms with Gasteiger partial charge in [-0.05, 0) is 68.0 Å². The van der Waals surface area contributed by atoms with Crippen LogP contribution in [0.25, 0.3) is 10.1 Å². The van der Waals surface area contributed by atoms with Crippen molar-refractivity contribution in [1.29, 1.82) is 0 Å². The summed E-state index contributed by atoms with van der Waals surface area (Å²) in [4.78, 5) is 14.1. The molecule has 0 aliphatic carbocycles. The van der Waals surface area contributed by atoms with Crippen LogP contribution in [0.2, 0.25) is 0 Å². The molecule has 6 heteroatoms. The first-order chi connectivity index (χ1) is 11.2. The van der Waals surface area contributed by atoms with Crippen molar-refractivity contribution < 1.29 is 14.6 Å². The Kier molecular flexibility index (Phi) is 3.73. The average Bonchev–Trinajstić information content (AvgIpc) is 2.99. The molecule has 4 heterocycles. The highest BCUT2D eigenvalue weighted by molar-refractivity contribution is 7.13. The molecule has 0 radical (unpaired) electrons. The van der Waals surface area contributed by atoms with Crippen LogP contribution in [0, 0.1) is 5.92 Å². The van der Waals surface area contributed by atoms with E-state index < -0.39 is 5.97 Å². The topological polar surface area (TPSA) is 62.7 Å². The minimum atomic E-state index is -0.942. The Morgan fingerprint density at radius 1 is 1.43 bits per heavy atom. The molecule has 1 aromatic heterocycles. The predicted octanol–water partition coefficient (Wildman–Crippen LogP) is 3.20. The molecule has 3 fully saturated rings. The summed E-state index contributed by atoms with van der Waals surface area (Å²) in [6, 6.07) is 3.98. The van der Waals surface area contributed by atoms with Gasteiger partial charge in [0.15, 0.2) is 5.69 Å². The van der Waals surface area contributed by atoms with Gasteiger partial charge in [-0.25, -0.2) is 4.79 Å². The van der Waals surface area contributed by atoms with E-state index in [0.717, 1.165) is 27.9 Å². The maximum atomic E-state index is 11.6. The molecule has 122 valence electrons. The molecule has 3 saturated heterocycles. The summed E-state index contributed by atoms with van der Waals surface area (Å²) in [6.45, 7) is 5.93. The molecule has 2 aromatic rings. The quantitative estimate of drug-likeness (QED) is 0.931. The molecule has 5 nitrogen and oxygen atoms in total. The van der Waals surface area contributed by atoms with Gasteiger partial charge in [0.2, 0.25) is 0 Å². The second-order valence-corrected chi connectivity index (χ2v) is 7.20. The lowest BCUT2D eigenvalue weighted by molar-refractivity contribution is 0.0693. The van der Waals surface area contributed by atoms with Gasteiger partial charge in [-0.1, -0.05) is 0 Å². The summed E-state index contributed by atoms with van der Waals surface area (Å²) in [6.07, 6.45) is 2.40. The van der Waals surface area contributed by atoms with Gasteiger partial charge >= 0.3 is 5.97 Å². The van der Waals surface area contributed by atoms with E-state index in [2.05, 4.69) is 15.3 Å². The monoisotopic (exact) mass is 332 g/mol.